The zero-order valence-corrected chi connectivity index (χ0v) is 14.0. The van der Waals surface area contributed by atoms with Crippen LogP contribution in [-0.4, -0.2) is 33.8 Å². The molecule has 0 fully saturated rings. The van der Waals surface area contributed by atoms with Gasteiger partial charge in [-0.2, -0.15) is 26.7 Å². The van der Waals surface area contributed by atoms with E-state index in [9.17, 15) is 4.79 Å². The SMILES string of the molecule is COC(=O)CCSCc1nc(N)nc(Nc2ccc(Cl)cc2)n1. The van der Waals surface area contributed by atoms with E-state index in [4.69, 9.17) is 17.3 Å². The number of halogens is 1. The van der Waals surface area contributed by atoms with E-state index in [-0.39, 0.29) is 11.9 Å². The largest absolute Gasteiger partial charge is 0.469 e. The van der Waals surface area contributed by atoms with Crippen molar-refractivity contribution >= 4 is 46.9 Å². The molecule has 7 nitrogen and oxygen atoms in total. The van der Waals surface area contributed by atoms with Crippen molar-refractivity contribution in [3.63, 3.8) is 0 Å². The molecule has 1 heterocycles. The summed E-state index contributed by atoms with van der Waals surface area (Å²) in [7, 11) is 1.37. The van der Waals surface area contributed by atoms with Gasteiger partial charge in [0.1, 0.15) is 5.82 Å². The molecule has 9 heteroatoms. The van der Waals surface area contributed by atoms with Crippen molar-refractivity contribution in [1.82, 2.24) is 15.0 Å². The number of nitrogens with one attached hydrogen (secondary N) is 1. The van der Waals surface area contributed by atoms with E-state index >= 15 is 0 Å². The van der Waals surface area contributed by atoms with Crippen molar-refractivity contribution in [3.8, 4) is 0 Å². The first-order chi connectivity index (χ1) is 11.1. The molecule has 0 aliphatic carbocycles. The average molecular weight is 354 g/mol. The fourth-order valence-electron chi connectivity index (χ4n) is 1.64. The van der Waals surface area contributed by atoms with Gasteiger partial charge in [-0.05, 0) is 24.3 Å². The summed E-state index contributed by atoms with van der Waals surface area (Å²) in [6.45, 7) is 0. The van der Waals surface area contributed by atoms with E-state index < -0.39 is 0 Å². The first-order valence-electron chi connectivity index (χ1n) is 6.74. The zero-order chi connectivity index (χ0) is 16.7. The van der Waals surface area contributed by atoms with E-state index in [0.29, 0.717) is 34.7 Å². The maximum Gasteiger partial charge on any atom is 0.306 e. The third kappa shape index (κ3) is 5.91. The molecule has 122 valence electrons. The van der Waals surface area contributed by atoms with Crippen molar-refractivity contribution in [3.05, 3.63) is 35.1 Å². The van der Waals surface area contributed by atoms with Crippen molar-refractivity contribution in [2.45, 2.75) is 12.2 Å². The summed E-state index contributed by atoms with van der Waals surface area (Å²) in [5.74, 6) is 1.96. The van der Waals surface area contributed by atoms with Crippen LogP contribution in [0.4, 0.5) is 17.6 Å². The Labute approximate surface area is 143 Å². The topological polar surface area (TPSA) is 103 Å². The minimum atomic E-state index is -0.238. The lowest BCUT2D eigenvalue weighted by Crippen LogP contribution is -2.07. The quantitative estimate of drug-likeness (QED) is 0.578. The monoisotopic (exact) mass is 353 g/mol. The number of thioether (sulfide) groups is 1. The van der Waals surface area contributed by atoms with Crippen molar-refractivity contribution in [2.24, 2.45) is 0 Å². The number of nitrogens with zero attached hydrogens (tertiary/aromatic N) is 3. The molecule has 0 atom stereocenters. The normalized spacial score (nSPS) is 10.3. The maximum atomic E-state index is 11.0. The fourth-order valence-corrected chi connectivity index (χ4v) is 2.53. The second-order valence-electron chi connectivity index (χ2n) is 4.44. The average Bonchev–Trinajstić information content (AvgIpc) is 2.53. The molecular weight excluding hydrogens is 338 g/mol. The molecule has 0 aliphatic rings. The molecule has 0 radical (unpaired) electrons. The van der Waals surface area contributed by atoms with Crippen LogP contribution in [0.25, 0.3) is 0 Å². The van der Waals surface area contributed by atoms with Gasteiger partial charge in [-0.1, -0.05) is 11.6 Å². The number of methoxy groups -OCH3 is 1. The number of hydrogen-bond donors (Lipinski definition) is 2. The van der Waals surface area contributed by atoms with Gasteiger partial charge >= 0.3 is 5.97 Å². The minimum Gasteiger partial charge on any atom is -0.469 e. The van der Waals surface area contributed by atoms with Gasteiger partial charge in [0, 0.05) is 16.5 Å². The van der Waals surface area contributed by atoms with Gasteiger partial charge < -0.3 is 15.8 Å². The van der Waals surface area contributed by atoms with Gasteiger partial charge in [-0.3, -0.25) is 4.79 Å². The molecule has 1 aromatic carbocycles. The number of anilines is 3. The van der Waals surface area contributed by atoms with Gasteiger partial charge in [0.05, 0.1) is 19.3 Å². The second-order valence-corrected chi connectivity index (χ2v) is 5.99. The number of carbonyl (C=O) groups is 1. The zero-order valence-electron chi connectivity index (χ0n) is 12.5. The third-order valence-corrected chi connectivity index (χ3v) is 3.92. The molecule has 2 rings (SSSR count). The highest BCUT2D eigenvalue weighted by Gasteiger charge is 2.06. The fraction of sp³-hybridized carbons (Fsp3) is 0.286. The Hall–Kier alpha value is -2.06. The van der Waals surface area contributed by atoms with E-state index in [1.54, 1.807) is 12.1 Å². The summed E-state index contributed by atoms with van der Waals surface area (Å²) in [5.41, 5.74) is 6.50. The highest BCUT2D eigenvalue weighted by molar-refractivity contribution is 7.98. The molecule has 23 heavy (non-hydrogen) atoms. The Morgan fingerprint density at radius 1 is 1.30 bits per heavy atom. The molecule has 1 aromatic heterocycles. The van der Waals surface area contributed by atoms with Crippen LogP contribution in [0.2, 0.25) is 5.02 Å². The van der Waals surface area contributed by atoms with Crippen LogP contribution in [0.3, 0.4) is 0 Å². The summed E-state index contributed by atoms with van der Waals surface area (Å²) in [4.78, 5) is 23.5. The second kappa shape index (κ2) is 8.54. The van der Waals surface area contributed by atoms with Crippen LogP contribution >= 0.6 is 23.4 Å². The Morgan fingerprint density at radius 2 is 2.04 bits per heavy atom. The van der Waals surface area contributed by atoms with E-state index in [2.05, 4.69) is 25.0 Å². The molecule has 0 saturated carbocycles. The molecule has 2 aromatic rings. The van der Waals surface area contributed by atoms with Crippen LogP contribution in [0.15, 0.2) is 24.3 Å². The molecule has 0 saturated heterocycles. The lowest BCUT2D eigenvalue weighted by Gasteiger charge is -2.07. The lowest BCUT2D eigenvalue weighted by atomic mass is 10.3. The first kappa shape index (κ1) is 17.3. The van der Waals surface area contributed by atoms with Crippen LogP contribution in [-0.2, 0) is 15.3 Å². The predicted octanol–water partition coefficient (Wildman–Crippen LogP) is 2.65. The van der Waals surface area contributed by atoms with Gasteiger partial charge in [-0.15, -0.1) is 0 Å². The van der Waals surface area contributed by atoms with Gasteiger partial charge in [0.25, 0.3) is 0 Å². The van der Waals surface area contributed by atoms with Crippen molar-refractivity contribution in [1.29, 1.82) is 0 Å². The number of rotatable bonds is 7. The summed E-state index contributed by atoms with van der Waals surface area (Å²) >= 11 is 7.37. The number of esters is 1. The number of aromatic nitrogens is 3. The number of nitrogens with two attached hydrogens (primary N) is 1. The number of nitrogen functional groups attached to an aromatic ring is 1. The standard InChI is InChI=1S/C14H16ClN5O2S/c1-22-12(21)6-7-23-8-11-18-13(16)20-14(19-11)17-10-4-2-9(15)3-5-10/h2-5H,6-8H2,1H3,(H3,16,17,18,19,20). The van der Waals surface area contributed by atoms with E-state index in [1.165, 1.54) is 18.9 Å². The number of ether oxygens (including phenoxy) is 1. The van der Waals surface area contributed by atoms with E-state index in [0.717, 1.165) is 5.69 Å². The smallest absolute Gasteiger partial charge is 0.306 e. The highest BCUT2D eigenvalue weighted by Crippen LogP contribution is 2.18. The molecule has 0 bridgehead atoms. The summed E-state index contributed by atoms with van der Waals surface area (Å²) in [5, 5.41) is 3.69. The lowest BCUT2D eigenvalue weighted by molar-refractivity contribution is -0.140. The number of hydrogen-bond acceptors (Lipinski definition) is 8. The summed E-state index contributed by atoms with van der Waals surface area (Å²) < 4.78 is 4.58. The summed E-state index contributed by atoms with van der Waals surface area (Å²) in [6, 6.07) is 7.15. The predicted molar refractivity (Wildman–Crippen MR) is 91.8 cm³/mol. The number of carbonyl (C=O) groups excluding carboxylic acids is 1. The Morgan fingerprint density at radius 3 is 2.74 bits per heavy atom. The summed E-state index contributed by atoms with van der Waals surface area (Å²) in [6.07, 6.45) is 0.345. The van der Waals surface area contributed by atoms with E-state index in [1.807, 2.05) is 12.1 Å². The molecule has 3 N–H and O–H groups in total. The molecule has 0 amide bonds. The van der Waals surface area contributed by atoms with Gasteiger partial charge in [0.2, 0.25) is 11.9 Å². The van der Waals surface area contributed by atoms with Gasteiger partial charge in [-0.25, -0.2) is 0 Å². The minimum absolute atomic E-state index is 0.139. The third-order valence-electron chi connectivity index (χ3n) is 2.71. The Balaban J connectivity index is 1.95. The van der Waals surface area contributed by atoms with Crippen LogP contribution in [0.5, 0.6) is 0 Å². The Bertz CT molecular complexity index is 669. The molecular formula is C14H16ClN5O2S. The maximum absolute atomic E-state index is 11.0. The van der Waals surface area contributed by atoms with Crippen LogP contribution < -0.4 is 11.1 Å². The van der Waals surface area contributed by atoms with Crippen LogP contribution in [0, 0.1) is 0 Å². The van der Waals surface area contributed by atoms with Crippen molar-refractivity contribution in [2.75, 3.05) is 23.9 Å². The van der Waals surface area contributed by atoms with Crippen LogP contribution in [0.1, 0.15) is 12.2 Å². The molecule has 0 spiro atoms. The molecule has 0 aliphatic heterocycles. The highest BCUT2D eigenvalue weighted by atomic mass is 35.5. The Kier molecular flexibility index (Phi) is 6.42. The first-order valence-corrected chi connectivity index (χ1v) is 8.27. The number of benzene rings is 1. The molecule has 0 unspecified atom stereocenters. The van der Waals surface area contributed by atoms with Crippen molar-refractivity contribution < 1.29 is 9.53 Å². The van der Waals surface area contributed by atoms with Gasteiger partial charge in [0.15, 0.2) is 0 Å².